The molecule has 0 bridgehead atoms. The first-order valence-corrected chi connectivity index (χ1v) is 14.3. The Kier molecular flexibility index (Phi) is 36.2. The first-order valence-electron chi connectivity index (χ1n) is 14.3. The van der Waals surface area contributed by atoms with E-state index < -0.39 is 12.3 Å². The van der Waals surface area contributed by atoms with Crippen LogP contribution in [-0.4, -0.2) is 49.3 Å². The second-order valence-corrected chi connectivity index (χ2v) is 9.07. The summed E-state index contributed by atoms with van der Waals surface area (Å²) in [4.78, 5) is 22.5. The molecule has 0 rings (SSSR count). The van der Waals surface area contributed by atoms with Gasteiger partial charge in [0.25, 0.3) is 0 Å². The van der Waals surface area contributed by atoms with Crippen LogP contribution in [0.4, 0.5) is 9.59 Å². The van der Waals surface area contributed by atoms with Crippen molar-refractivity contribution in [2.24, 2.45) is 11.8 Å². The molecule has 0 aromatic carbocycles. The van der Waals surface area contributed by atoms with Crippen LogP contribution < -0.4 is 0 Å². The molecule has 0 radical (unpaired) electrons. The summed E-state index contributed by atoms with van der Waals surface area (Å²) in [6.45, 7) is 14.8. The lowest BCUT2D eigenvalue weighted by Gasteiger charge is -2.14. The number of ether oxygens (including phenoxy) is 4. The molecule has 0 heterocycles. The highest BCUT2D eigenvalue weighted by molar-refractivity contribution is 5.60. The average molecular weight is 523 g/mol. The van der Waals surface area contributed by atoms with Crippen molar-refractivity contribution in [1.29, 1.82) is 0 Å². The fourth-order valence-corrected chi connectivity index (χ4v) is 3.27. The van der Waals surface area contributed by atoms with Crippen LogP contribution in [-0.2, 0) is 18.9 Å². The van der Waals surface area contributed by atoms with Crippen LogP contribution in [0.25, 0.3) is 0 Å². The molecule has 8 nitrogen and oxygen atoms in total. The van der Waals surface area contributed by atoms with Gasteiger partial charge in [0.15, 0.2) is 0 Å². The molecule has 0 amide bonds. The number of hydrogen-bond donors (Lipinski definition) is 2. The van der Waals surface area contributed by atoms with E-state index in [1.807, 2.05) is 0 Å². The summed E-state index contributed by atoms with van der Waals surface area (Å²) in [5.74, 6) is 0.969. The zero-order valence-corrected chi connectivity index (χ0v) is 24.2. The first-order chi connectivity index (χ1) is 17.5. The van der Waals surface area contributed by atoms with Crippen molar-refractivity contribution in [3.05, 3.63) is 0 Å². The molecule has 0 aromatic rings. The predicted octanol–water partition coefficient (Wildman–Crippen LogP) is 9.11. The molecule has 8 heteroatoms. The van der Waals surface area contributed by atoms with Gasteiger partial charge in [-0.25, -0.2) is 9.59 Å². The van der Waals surface area contributed by atoms with Crippen molar-refractivity contribution in [2.75, 3.05) is 26.4 Å². The lowest BCUT2D eigenvalue weighted by molar-refractivity contribution is -0.176. The van der Waals surface area contributed by atoms with E-state index in [-0.39, 0.29) is 0 Å². The van der Waals surface area contributed by atoms with Gasteiger partial charge in [-0.1, -0.05) is 106 Å². The second-order valence-electron chi connectivity index (χ2n) is 9.07. The van der Waals surface area contributed by atoms with Crippen molar-refractivity contribution in [3.63, 3.8) is 0 Å². The summed E-state index contributed by atoms with van der Waals surface area (Å²) in [5, 5.41) is 12.0. The van der Waals surface area contributed by atoms with Crippen LogP contribution in [0.15, 0.2) is 0 Å². The van der Waals surface area contributed by atoms with E-state index in [1.165, 1.54) is 25.7 Å². The Morgan fingerprint density at radius 1 is 0.528 bits per heavy atom. The predicted molar refractivity (Wildman–Crippen MR) is 146 cm³/mol. The maximum absolute atomic E-state index is 11.3. The molecular weight excluding hydrogens is 464 g/mol. The third kappa shape index (κ3) is 30.5. The fraction of sp³-hybridized carbons (Fsp3) is 0.929. The second kappa shape index (κ2) is 33.5. The lowest BCUT2D eigenvalue weighted by Crippen LogP contribution is -2.15. The smallest absolute Gasteiger partial charge is 0.434 e. The zero-order valence-electron chi connectivity index (χ0n) is 24.2. The molecule has 0 saturated heterocycles. The van der Waals surface area contributed by atoms with E-state index in [0.29, 0.717) is 38.3 Å². The van der Waals surface area contributed by atoms with Crippen molar-refractivity contribution in [1.82, 2.24) is 0 Å². The summed E-state index contributed by atoms with van der Waals surface area (Å²) in [7, 11) is 0. The quantitative estimate of drug-likeness (QED) is 0.0704. The van der Waals surface area contributed by atoms with Gasteiger partial charge in [-0.3, -0.25) is 10.5 Å². The first kappa shape index (κ1) is 39.0. The highest BCUT2D eigenvalue weighted by atomic mass is 17.0. The Labute approximate surface area is 221 Å². The number of carbonyl (C=O) groups excluding carboxylic acids is 2. The van der Waals surface area contributed by atoms with E-state index in [2.05, 4.69) is 41.5 Å². The standard InChI is InChI=1S/2C14H28O3.H2O2/c2*1-4-7-9-11-16-14(15)17-12-13(6-3)10-8-5-2;1-2/h2*13H,4-12H2,1-3H3;1-2H. The molecule has 36 heavy (non-hydrogen) atoms. The van der Waals surface area contributed by atoms with Crippen LogP contribution in [0.1, 0.15) is 131 Å². The molecule has 0 spiro atoms. The number of carbonyl (C=O) groups is 2. The van der Waals surface area contributed by atoms with Gasteiger partial charge in [0, 0.05) is 0 Å². The summed E-state index contributed by atoms with van der Waals surface area (Å²) in [6.07, 6.45) is 14.5. The van der Waals surface area contributed by atoms with Crippen LogP contribution in [0.2, 0.25) is 0 Å². The lowest BCUT2D eigenvalue weighted by atomic mass is 10.0. The van der Waals surface area contributed by atoms with Crippen molar-refractivity contribution < 1.29 is 39.1 Å². The molecule has 2 unspecified atom stereocenters. The van der Waals surface area contributed by atoms with Crippen molar-refractivity contribution >= 4 is 12.3 Å². The van der Waals surface area contributed by atoms with Gasteiger partial charge >= 0.3 is 12.3 Å². The molecule has 2 N–H and O–H groups in total. The molecule has 0 saturated carbocycles. The summed E-state index contributed by atoms with van der Waals surface area (Å²) in [6, 6.07) is 0. The highest BCUT2D eigenvalue weighted by Gasteiger charge is 2.11. The number of rotatable bonds is 20. The van der Waals surface area contributed by atoms with E-state index in [1.54, 1.807) is 0 Å². The van der Waals surface area contributed by atoms with Crippen molar-refractivity contribution in [2.45, 2.75) is 131 Å². The maximum atomic E-state index is 11.3. The SMILES string of the molecule is CCCCCOC(=O)OCC(CC)CCCC.CCCCCOC(=O)OCC(CC)CCCC.OO. The van der Waals surface area contributed by atoms with Gasteiger partial charge < -0.3 is 18.9 Å². The van der Waals surface area contributed by atoms with E-state index in [4.69, 9.17) is 29.5 Å². The van der Waals surface area contributed by atoms with E-state index in [0.717, 1.165) is 64.2 Å². The topological polar surface area (TPSA) is 112 Å². The molecule has 218 valence electrons. The van der Waals surface area contributed by atoms with Crippen LogP contribution in [0.3, 0.4) is 0 Å². The fourth-order valence-electron chi connectivity index (χ4n) is 3.27. The minimum Gasteiger partial charge on any atom is -0.434 e. The van der Waals surface area contributed by atoms with Gasteiger partial charge in [-0.15, -0.1) is 0 Å². The van der Waals surface area contributed by atoms with Crippen LogP contribution >= 0.6 is 0 Å². The Hall–Kier alpha value is -1.54. The minimum absolute atomic E-state index is 0.484. The molecule has 2 atom stereocenters. The Balaban J connectivity index is -0.000000565. The van der Waals surface area contributed by atoms with E-state index in [9.17, 15) is 9.59 Å². The summed E-state index contributed by atoms with van der Waals surface area (Å²) >= 11 is 0. The van der Waals surface area contributed by atoms with Crippen molar-refractivity contribution in [3.8, 4) is 0 Å². The van der Waals surface area contributed by atoms with Gasteiger partial charge in [-0.05, 0) is 37.5 Å². The third-order valence-electron chi connectivity index (χ3n) is 5.90. The molecule has 0 fully saturated rings. The molecule has 0 aromatic heterocycles. The van der Waals surface area contributed by atoms with Gasteiger partial charge in [0.2, 0.25) is 0 Å². The number of hydrogen-bond acceptors (Lipinski definition) is 8. The van der Waals surface area contributed by atoms with Gasteiger partial charge in [0.05, 0.1) is 26.4 Å². The molecule has 0 aliphatic heterocycles. The minimum atomic E-state index is -0.504. The average Bonchev–Trinajstić information content (AvgIpc) is 2.91. The molecule has 0 aliphatic rings. The zero-order chi connectivity index (χ0) is 27.9. The maximum Gasteiger partial charge on any atom is 0.508 e. The molecule has 0 aliphatic carbocycles. The van der Waals surface area contributed by atoms with E-state index >= 15 is 0 Å². The highest BCUT2D eigenvalue weighted by Crippen LogP contribution is 2.14. The summed E-state index contributed by atoms with van der Waals surface area (Å²) in [5.41, 5.74) is 0. The van der Waals surface area contributed by atoms with Gasteiger partial charge in [0.1, 0.15) is 0 Å². The normalized spacial score (nSPS) is 11.7. The Morgan fingerprint density at radius 3 is 1.14 bits per heavy atom. The monoisotopic (exact) mass is 522 g/mol. The summed E-state index contributed by atoms with van der Waals surface area (Å²) < 4.78 is 20.2. The Bertz CT molecular complexity index is 405. The Morgan fingerprint density at radius 2 is 0.861 bits per heavy atom. The largest absolute Gasteiger partial charge is 0.508 e. The van der Waals surface area contributed by atoms with Crippen LogP contribution in [0, 0.1) is 11.8 Å². The van der Waals surface area contributed by atoms with Gasteiger partial charge in [-0.2, -0.15) is 0 Å². The molecular formula is C28H58O8. The van der Waals surface area contributed by atoms with Crippen LogP contribution in [0.5, 0.6) is 0 Å². The third-order valence-corrected chi connectivity index (χ3v) is 5.90. The number of unbranched alkanes of at least 4 members (excludes halogenated alkanes) is 6.